The number of benzene rings is 1. The zero-order valence-electron chi connectivity index (χ0n) is 15.1. The number of hydrogen-bond donors (Lipinski definition) is 2. The summed E-state index contributed by atoms with van der Waals surface area (Å²) < 4.78 is 7.86. The van der Waals surface area contributed by atoms with E-state index < -0.39 is 5.97 Å². The number of anilines is 1. The van der Waals surface area contributed by atoms with Crippen molar-refractivity contribution >= 4 is 22.8 Å². The van der Waals surface area contributed by atoms with Gasteiger partial charge in [-0.2, -0.15) is 4.98 Å². The molecule has 27 heavy (non-hydrogen) atoms. The van der Waals surface area contributed by atoms with Gasteiger partial charge in [0.15, 0.2) is 0 Å². The number of carboxylic acid groups (broad SMARTS) is 1. The van der Waals surface area contributed by atoms with Crippen molar-refractivity contribution in [2.45, 2.75) is 24.9 Å². The minimum atomic E-state index is -1.11. The molecule has 2 aliphatic rings. The molecule has 140 valence electrons. The molecular weight excluding hydrogens is 346 g/mol. The molecule has 0 unspecified atom stereocenters. The van der Waals surface area contributed by atoms with E-state index >= 15 is 0 Å². The fourth-order valence-electron chi connectivity index (χ4n) is 4.47. The fraction of sp³-hybridized carbons (Fsp3) is 0.421. The molecule has 0 saturated carbocycles. The van der Waals surface area contributed by atoms with E-state index in [9.17, 15) is 4.79 Å². The van der Waals surface area contributed by atoms with Crippen molar-refractivity contribution in [2.24, 2.45) is 7.05 Å². The van der Waals surface area contributed by atoms with Crippen LogP contribution in [0.3, 0.4) is 0 Å². The first-order valence-corrected chi connectivity index (χ1v) is 9.21. The van der Waals surface area contributed by atoms with E-state index in [1.165, 1.54) is 21.3 Å². The Morgan fingerprint density at radius 2 is 2.07 bits per heavy atom. The minimum absolute atomic E-state index is 0.167. The number of carbonyl (C=O) groups is 1. The van der Waals surface area contributed by atoms with Gasteiger partial charge in [0.2, 0.25) is 5.95 Å². The number of carboxylic acids is 1. The zero-order valence-corrected chi connectivity index (χ0v) is 15.1. The molecule has 1 fully saturated rings. The maximum atomic E-state index is 11.1. The van der Waals surface area contributed by atoms with Crippen LogP contribution in [0.25, 0.3) is 10.9 Å². The van der Waals surface area contributed by atoms with Gasteiger partial charge < -0.3 is 19.7 Å². The number of aromatic carboxylic acids is 1. The molecular formula is C19H21N5O3. The Kier molecular flexibility index (Phi) is 3.51. The van der Waals surface area contributed by atoms with E-state index in [4.69, 9.17) is 9.84 Å². The highest BCUT2D eigenvalue weighted by molar-refractivity contribution is 5.85. The minimum Gasteiger partial charge on any atom is -0.475 e. The van der Waals surface area contributed by atoms with E-state index in [2.05, 4.69) is 44.2 Å². The summed E-state index contributed by atoms with van der Waals surface area (Å²) in [6.45, 7) is 2.20. The van der Waals surface area contributed by atoms with Crippen LogP contribution < -0.4 is 4.90 Å². The van der Waals surface area contributed by atoms with Crippen LogP contribution in [0, 0.1) is 0 Å². The van der Waals surface area contributed by atoms with Crippen LogP contribution in [0.15, 0.2) is 24.3 Å². The lowest BCUT2D eigenvalue weighted by atomic mass is 9.83. The number of piperidine rings is 1. The summed E-state index contributed by atoms with van der Waals surface area (Å²) in [5.74, 6) is -0.682. The molecule has 8 nitrogen and oxygen atoms in total. The summed E-state index contributed by atoms with van der Waals surface area (Å²) in [7, 11) is 1.73. The van der Waals surface area contributed by atoms with Gasteiger partial charge >= 0.3 is 5.97 Å². The van der Waals surface area contributed by atoms with Gasteiger partial charge in [-0.05, 0) is 30.9 Å². The van der Waals surface area contributed by atoms with Crippen LogP contribution in [0.2, 0.25) is 0 Å². The smallest absolute Gasteiger partial charge is 0.375 e. The number of aromatic nitrogens is 4. The van der Waals surface area contributed by atoms with Crippen molar-refractivity contribution in [1.29, 1.82) is 0 Å². The van der Waals surface area contributed by atoms with Gasteiger partial charge in [0, 0.05) is 31.0 Å². The van der Waals surface area contributed by atoms with Crippen molar-refractivity contribution in [1.82, 2.24) is 19.7 Å². The van der Waals surface area contributed by atoms with Crippen LogP contribution in [0.4, 0.5) is 5.95 Å². The Morgan fingerprint density at radius 1 is 1.30 bits per heavy atom. The SMILES string of the molecule is Cn1nc(C(=O)O)nc1N1CCC2(CC1)OCCc1c2[nH]c2ccccc12. The molecule has 2 N–H and O–H groups in total. The number of ether oxygens (including phenoxy) is 1. The molecule has 1 aromatic carbocycles. The number of rotatable bonds is 2. The third kappa shape index (κ3) is 2.43. The standard InChI is InChI=1S/C19H21N5O3/c1-23-18(21-16(22-23)17(25)26)24-9-7-19(8-10-24)15-13(6-11-27-19)12-4-2-3-5-14(12)20-15/h2-5,20H,6-11H2,1H3,(H,25,26). The molecule has 0 radical (unpaired) electrons. The first kappa shape index (κ1) is 16.3. The maximum Gasteiger partial charge on any atom is 0.375 e. The van der Waals surface area contributed by atoms with E-state index in [1.807, 2.05) is 0 Å². The highest BCUT2D eigenvalue weighted by Gasteiger charge is 2.43. The highest BCUT2D eigenvalue weighted by atomic mass is 16.5. The number of fused-ring (bicyclic) bond motifs is 4. The summed E-state index contributed by atoms with van der Waals surface area (Å²) >= 11 is 0. The number of para-hydroxylation sites is 1. The molecule has 0 amide bonds. The molecule has 1 saturated heterocycles. The predicted molar refractivity (Wildman–Crippen MR) is 99.0 cm³/mol. The summed E-state index contributed by atoms with van der Waals surface area (Å²) in [5.41, 5.74) is 3.43. The molecule has 8 heteroatoms. The molecule has 2 aromatic heterocycles. The zero-order chi connectivity index (χ0) is 18.6. The van der Waals surface area contributed by atoms with Gasteiger partial charge in [-0.25, -0.2) is 9.48 Å². The average molecular weight is 367 g/mol. The van der Waals surface area contributed by atoms with Crippen LogP contribution in [-0.2, 0) is 23.8 Å². The van der Waals surface area contributed by atoms with Crippen molar-refractivity contribution in [3.63, 3.8) is 0 Å². The van der Waals surface area contributed by atoms with Crippen LogP contribution in [-0.4, -0.2) is 50.5 Å². The molecule has 1 spiro atoms. The average Bonchev–Trinajstić information content (AvgIpc) is 3.25. The van der Waals surface area contributed by atoms with Crippen molar-refractivity contribution in [2.75, 3.05) is 24.6 Å². The first-order valence-electron chi connectivity index (χ1n) is 9.21. The first-order chi connectivity index (χ1) is 13.1. The Morgan fingerprint density at radius 3 is 2.81 bits per heavy atom. The Bertz CT molecular complexity index is 1030. The Balaban J connectivity index is 1.45. The molecule has 3 aromatic rings. The quantitative estimate of drug-likeness (QED) is 0.720. The lowest BCUT2D eigenvalue weighted by Crippen LogP contribution is -2.47. The lowest BCUT2D eigenvalue weighted by Gasteiger charge is -2.43. The Hall–Kier alpha value is -2.87. The molecule has 0 atom stereocenters. The largest absolute Gasteiger partial charge is 0.475 e. The Labute approximate surface area is 155 Å². The second-order valence-electron chi connectivity index (χ2n) is 7.27. The molecule has 0 bridgehead atoms. The van der Waals surface area contributed by atoms with E-state index in [0.717, 1.165) is 44.5 Å². The molecule has 5 rings (SSSR count). The second-order valence-corrected chi connectivity index (χ2v) is 7.27. The number of hydrogen-bond acceptors (Lipinski definition) is 5. The summed E-state index contributed by atoms with van der Waals surface area (Å²) in [6.07, 6.45) is 2.57. The number of H-pyrrole nitrogens is 1. The molecule has 4 heterocycles. The highest BCUT2D eigenvalue weighted by Crippen LogP contribution is 2.43. The topological polar surface area (TPSA) is 96.3 Å². The van der Waals surface area contributed by atoms with Gasteiger partial charge in [-0.1, -0.05) is 18.2 Å². The fourth-order valence-corrected chi connectivity index (χ4v) is 4.47. The number of aromatic amines is 1. The third-order valence-electron chi connectivity index (χ3n) is 5.78. The summed E-state index contributed by atoms with van der Waals surface area (Å²) in [4.78, 5) is 21.0. The van der Waals surface area contributed by atoms with Gasteiger partial charge in [-0.3, -0.25) is 0 Å². The summed E-state index contributed by atoms with van der Waals surface area (Å²) in [6, 6.07) is 8.42. The lowest BCUT2D eigenvalue weighted by molar-refractivity contribution is -0.0792. The van der Waals surface area contributed by atoms with E-state index in [1.54, 1.807) is 7.05 Å². The monoisotopic (exact) mass is 367 g/mol. The maximum absolute atomic E-state index is 11.1. The second kappa shape index (κ2) is 5.82. The normalized spacial score (nSPS) is 18.8. The van der Waals surface area contributed by atoms with Gasteiger partial charge in [0.1, 0.15) is 5.60 Å². The van der Waals surface area contributed by atoms with Crippen molar-refractivity contribution < 1.29 is 14.6 Å². The molecule has 2 aliphatic heterocycles. The number of nitrogens with zero attached hydrogens (tertiary/aromatic N) is 4. The summed E-state index contributed by atoms with van der Waals surface area (Å²) in [5, 5.41) is 14.4. The van der Waals surface area contributed by atoms with Gasteiger partial charge in [0.25, 0.3) is 5.82 Å². The van der Waals surface area contributed by atoms with Gasteiger partial charge in [-0.15, -0.1) is 5.10 Å². The van der Waals surface area contributed by atoms with Crippen LogP contribution in [0.1, 0.15) is 34.7 Å². The van der Waals surface area contributed by atoms with E-state index in [-0.39, 0.29) is 11.4 Å². The van der Waals surface area contributed by atoms with Gasteiger partial charge in [0.05, 0.1) is 12.3 Å². The van der Waals surface area contributed by atoms with Crippen LogP contribution in [0.5, 0.6) is 0 Å². The van der Waals surface area contributed by atoms with E-state index in [0.29, 0.717) is 5.95 Å². The molecule has 0 aliphatic carbocycles. The number of nitrogens with one attached hydrogen (secondary N) is 1. The predicted octanol–water partition coefficient (Wildman–Crippen LogP) is 2.06. The number of aryl methyl sites for hydroxylation is 1. The van der Waals surface area contributed by atoms with Crippen molar-refractivity contribution in [3.05, 3.63) is 41.3 Å². The van der Waals surface area contributed by atoms with Crippen LogP contribution >= 0.6 is 0 Å². The van der Waals surface area contributed by atoms with Crippen molar-refractivity contribution in [3.8, 4) is 0 Å². The third-order valence-corrected chi connectivity index (χ3v) is 5.78.